The van der Waals surface area contributed by atoms with Crippen LogP contribution in [0.15, 0.2) is 6.07 Å². The van der Waals surface area contributed by atoms with Crippen molar-refractivity contribution in [2.24, 2.45) is 5.92 Å². The van der Waals surface area contributed by atoms with Gasteiger partial charge in [0.1, 0.15) is 0 Å². The van der Waals surface area contributed by atoms with E-state index < -0.39 is 0 Å². The van der Waals surface area contributed by atoms with Crippen molar-refractivity contribution < 1.29 is 9.59 Å². The lowest BCUT2D eigenvalue weighted by Gasteiger charge is -2.23. The predicted octanol–water partition coefficient (Wildman–Crippen LogP) is 1.96. The monoisotopic (exact) mass is 291 g/mol. The van der Waals surface area contributed by atoms with Crippen LogP contribution < -0.4 is 0 Å². The lowest BCUT2D eigenvalue weighted by molar-refractivity contribution is -0.134. The average Bonchev–Trinajstić information content (AvgIpc) is 2.65. The zero-order valence-corrected chi connectivity index (χ0v) is 13.4. The molecule has 116 valence electrons. The number of nitrogens with one attached hydrogen (secondary N) is 1. The van der Waals surface area contributed by atoms with Gasteiger partial charge in [-0.15, -0.1) is 0 Å². The Morgan fingerprint density at radius 3 is 2.29 bits per heavy atom. The summed E-state index contributed by atoms with van der Waals surface area (Å²) in [7, 11) is 0. The first-order chi connectivity index (χ1) is 9.90. The molecule has 5 nitrogen and oxygen atoms in total. The van der Waals surface area contributed by atoms with Crippen molar-refractivity contribution in [3.63, 3.8) is 0 Å². The topological polar surface area (TPSA) is 56.4 Å². The highest BCUT2D eigenvalue weighted by Gasteiger charge is 2.25. The van der Waals surface area contributed by atoms with Crippen molar-refractivity contribution in [1.29, 1.82) is 0 Å². The second-order valence-electron chi connectivity index (χ2n) is 6.12. The van der Waals surface area contributed by atoms with Crippen LogP contribution in [0, 0.1) is 19.8 Å². The van der Waals surface area contributed by atoms with Gasteiger partial charge < -0.3 is 14.8 Å². The van der Waals surface area contributed by atoms with E-state index in [2.05, 4.69) is 4.98 Å². The van der Waals surface area contributed by atoms with Gasteiger partial charge in [-0.1, -0.05) is 13.8 Å². The van der Waals surface area contributed by atoms with E-state index in [9.17, 15) is 9.59 Å². The smallest absolute Gasteiger partial charge is 0.255 e. The first-order valence-electron chi connectivity index (χ1n) is 7.64. The van der Waals surface area contributed by atoms with E-state index in [0.29, 0.717) is 19.6 Å². The van der Waals surface area contributed by atoms with Crippen molar-refractivity contribution in [3.8, 4) is 0 Å². The molecule has 1 aliphatic heterocycles. The molecule has 21 heavy (non-hydrogen) atoms. The van der Waals surface area contributed by atoms with E-state index in [-0.39, 0.29) is 17.7 Å². The molecule has 1 aromatic rings. The molecule has 2 heterocycles. The largest absolute Gasteiger partial charge is 0.362 e. The first kappa shape index (κ1) is 15.6. The number of rotatable bonds is 2. The minimum Gasteiger partial charge on any atom is -0.362 e. The second kappa shape index (κ2) is 6.33. The Labute approximate surface area is 126 Å². The Balaban J connectivity index is 2.04. The number of aromatic nitrogens is 1. The van der Waals surface area contributed by atoms with E-state index in [1.807, 2.05) is 43.6 Å². The summed E-state index contributed by atoms with van der Waals surface area (Å²) in [6.45, 7) is 10.4. The molecular weight excluding hydrogens is 266 g/mol. The molecule has 1 N–H and O–H groups in total. The molecule has 0 aromatic carbocycles. The van der Waals surface area contributed by atoms with E-state index in [4.69, 9.17) is 0 Å². The Kier molecular flexibility index (Phi) is 4.70. The number of nitrogens with zero attached hydrogens (tertiary/aromatic N) is 2. The zero-order valence-electron chi connectivity index (χ0n) is 13.4. The third kappa shape index (κ3) is 3.46. The van der Waals surface area contributed by atoms with Crippen LogP contribution in [0.2, 0.25) is 0 Å². The molecule has 0 saturated carbocycles. The van der Waals surface area contributed by atoms with Gasteiger partial charge in [-0.05, 0) is 26.3 Å². The maximum Gasteiger partial charge on any atom is 0.255 e. The number of H-pyrrole nitrogens is 1. The van der Waals surface area contributed by atoms with Crippen molar-refractivity contribution >= 4 is 11.8 Å². The van der Waals surface area contributed by atoms with E-state index in [0.717, 1.165) is 29.9 Å². The molecule has 2 rings (SSSR count). The fourth-order valence-electron chi connectivity index (χ4n) is 2.82. The summed E-state index contributed by atoms with van der Waals surface area (Å²) in [5.41, 5.74) is 2.66. The van der Waals surface area contributed by atoms with E-state index >= 15 is 0 Å². The van der Waals surface area contributed by atoms with Crippen LogP contribution in [-0.2, 0) is 4.79 Å². The third-order valence-corrected chi connectivity index (χ3v) is 3.97. The van der Waals surface area contributed by atoms with Crippen molar-refractivity contribution in [2.75, 3.05) is 26.2 Å². The number of hydrogen-bond acceptors (Lipinski definition) is 2. The van der Waals surface area contributed by atoms with Crippen LogP contribution >= 0.6 is 0 Å². The summed E-state index contributed by atoms with van der Waals surface area (Å²) >= 11 is 0. The lowest BCUT2D eigenvalue weighted by Crippen LogP contribution is -2.39. The van der Waals surface area contributed by atoms with Gasteiger partial charge in [-0.2, -0.15) is 0 Å². The summed E-state index contributed by atoms with van der Waals surface area (Å²) < 4.78 is 0. The molecule has 1 aromatic heterocycles. The van der Waals surface area contributed by atoms with Gasteiger partial charge in [0.25, 0.3) is 5.91 Å². The van der Waals surface area contributed by atoms with Gasteiger partial charge in [0.2, 0.25) is 5.91 Å². The molecule has 0 bridgehead atoms. The number of carbonyl (C=O) groups is 2. The highest BCUT2D eigenvalue weighted by Crippen LogP contribution is 2.15. The number of hydrogen-bond donors (Lipinski definition) is 1. The fourth-order valence-corrected chi connectivity index (χ4v) is 2.82. The molecule has 0 radical (unpaired) electrons. The summed E-state index contributed by atoms with van der Waals surface area (Å²) in [6.07, 6.45) is 0.840. The number of amides is 2. The maximum atomic E-state index is 12.6. The van der Waals surface area contributed by atoms with Crippen LogP contribution in [-0.4, -0.2) is 52.8 Å². The lowest BCUT2D eigenvalue weighted by atomic mass is 10.2. The standard InChI is InChI=1S/C16H25N3O2/c1-11(2)15(20)18-6-5-7-19(9-8-18)16(21)14-10-12(3)17-13(14)4/h10-11,17H,5-9H2,1-4H3. The van der Waals surface area contributed by atoms with Crippen molar-refractivity contribution in [2.45, 2.75) is 34.1 Å². The number of carbonyl (C=O) groups excluding carboxylic acids is 2. The fraction of sp³-hybridized carbons (Fsp3) is 0.625. The minimum absolute atomic E-state index is 0.0156. The van der Waals surface area contributed by atoms with Crippen LogP contribution in [0.4, 0.5) is 0 Å². The van der Waals surface area contributed by atoms with Crippen LogP contribution in [0.5, 0.6) is 0 Å². The minimum atomic E-state index is 0.0156. The van der Waals surface area contributed by atoms with Gasteiger partial charge in [0, 0.05) is 43.5 Å². The highest BCUT2D eigenvalue weighted by atomic mass is 16.2. The van der Waals surface area contributed by atoms with Gasteiger partial charge in [-0.3, -0.25) is 9.59 Å². The Morgan fingerprint density at radius 2 is 1.71 bits per heavy atom. The molecule has 1 fully saturated rings. The molecule has 1 saturated heterocycles. The van der Waals surface area contributed by atoms with E-state index in [1.165, 1.54) is 0 Å². The molecule has 5 heteroatoms. The van der Waals surface area contributed by atoms with Crippen LogP contribution in [0.3, 0.4) is 0 Å². The second-order valence-corrected chi connectivity index (χ2v) is 6.12. The first-order valence-corrected chi connectivity index (χ1v) is 7.64. The highest BCUT2D eigenvalue weighted by molar-refractivity contribution is 5.95. The molecule has 0 spiro atoms. The quantitative estimate of drug-likeness (QED) is 0.905. The molecule has 2 amide bonds. The van der Waals surface area contributed by atoms with Crippen LogP contribution in [0.1, 0.15) is 42.0 Å². The molecule has 0 unspecified atom stereocenters. The summed E-state index contributed by atoms with van der Waals surface area (Å²) in [5.74, 6) is 0.260. The van der Waals surface area contributed by atoms with Gasteiger partial charge >= 0.3 is 0 Å². The zero-order chi connectivity index (χ0) is 15.6. The number of aromatic amines is 1. The Morgan fingerprint density at radius 1 is 1.10 bits per heavy atom. The maximum absolute atomic E-state index is 12.6. The summed E-state index contributed by atoms with van der Waals surface area (Å²) in [6, 6.07) is 1.90. The van der Waals surface area contributed by atoms with Crippen molar-refractivity contribution in [3.05, 3.63) is 23.0 Å². The van der Waals surface area contributed by atoms with E-state index in [1.54, 1.807) is 0 Å². The van der Waals surface area contributed by atoms with Gasteiger partial charge in [0.05, 0.1) is 5.56 Å². The van der Waals surface area contributed by atoms with Crippen LogP contribution in [0.25, 0.3) is 0 Å². The normalized spacial score (nSPS) is 16.2. The Bertz CT molecular complexity index is 534. The van der Waals surface area contributed by atoms with Crippen molar-refractivity contribution in [1.82, 2.24) is 14.8 Å². The third-order valence-electron chi connectivity index (χ3n) is 3.97. The molecule has 0 atom stereocenters. The van der Waals surface area contributed by atoms with Gasteiger partial charge in [-0.25, -0.2) is 0 Å². The number of aryl methyl sites for hydroxylation is 2. The molecule has 1 aliphatic rings. The molecular formula is C16H25N3O2. The van der Waals surface area contributed by atoms with Gasteiger partial charge in [0.15, 0.2) is 0 Å². The Hall–Kier alpha value is -1.78. The summed E-state index contributed by atoms with van der Waals surface area (Å²) in [5, 5.41) is 0. The predicted molar refractivity (Wildman–Crippen MR) is 82.2 cm³/mol. The average molecular weight is 291 g/mol. The summed E-state index contributed by atoms with van der Waals surface area (Å²) in [4.78, 5) is 31.6. The SMILES string of the molecule is Cc1cc(C(=O)N2CCCN(C(=O)C(C)C)CC2)c(C)[nH]1. The molecule has 0 aliphatic carbocycles.